The first-order valence-corrected chi connectivity index (χ1v) is 11.2. The van der Waals surface area contributed by atoms with Gasteiger partial charge < -0.3 is 0 Å². The summed E-state index contributed by atoms with van der Waals surface area (Å²) in [5, 5.41) is 0. The smallest absolute Gasteiger partial charge is 0.258 e. The van der Waals surface area contributed by atoms with Gasteiger partial charge in [-0.05, 0) is 36.8 Å². The Morgan fingerprint density at radius 1 is 1.00 bits per heavy atom. The van der Waals surface area contributed by atoms with E-state index in [2.05, 4.69) is 5.43 Å². The van der Waals surface area contributed by atoms with Crippen molar-refractivity contribution in [3.8, 4) is 0 Å². The number of carbonyl (C=O) groups is 1. The molecule has 0 aromatic heterocycles. The number of fused-ring (bicyclic) bond motifs is 1. The monoisotopic (exact) mass is 372 g/mol. The van der Waals surface area contributed by atoms with Crippen LogP contribution in [0.5, 0.6) is 0 Å². The van der Waals surface area contributed by atoms with Gasteiger partial charge in [0.2, 0.25) is 5.91 Å². The second-order valence-corrected chi connectivity index (χ2v) is 10.1. The van der Waals surface area contributed by atoms with Crippen LogP contribution in [0.15, 0.2) is 34.1 Å². The van der Waals surface area contributed by atoms with Crippen LogP contribution in [-0.2, 0) is 24.7 Å². The van der Waals surface area contributed by atoms with Crippen molar-refractivity contribution in [1.29, 1.82) is 0 Å². The molecular weight excluding hydrogens is 352 g/mol. The molecule has 0 heterocycles. The molecule has 0 saturated heterocycles. The van der Waals surface area contributed by atoms with Crippen LogP contribution in [0.4, 0.5) is 0 Å². The molecular formula is C15H20N2O5S2. The standard InChI is InChI=1S/C15H20N2O5S2/c1-23(19,20)12-8-4-5-9-13(12)24(21,22)17-16-15(18)14-10-6-2-3-7-11(10)14/h4-5,8-11,14,17H,2-3,6-7H2,1H3,(H,16,18). The van der Waals surface area contributed by atoms with Crippen LogP contribution in [0.25, 0.3) is 0 Å². The van der Waals surface area contributed by atoms with Crippen molar-refractivity contribution in [3.05, 3.63) is 24.3 Å². The van der Waals surface area contributed by atoms with Crippen molar-refractivity contribution in [2.24, 2.45) is 17.8 Å². The van der Waals surface area contributed by atoms with E-state index < -0.39 is 19.9 Å². The minimum absolute atomic E-state index is 0.139. The highest BCUT2D eigenvalue weighted by molar-refractivity contribution is 7.93. The fraction of sp³-hybridized carbons (Fsp3) is 0.533. The first-order chi connectivity index (χ1) is 11.2. The lowest BCUT2D eigenvalue weighted by atomic mass is 10.0. The largest absolute Gasteiger partial charge is 0.277 e. The molecule has 3 rings (SSSR count). The number of nitrogens with one attached hydrogen (secondary N) is 2. The maximum absolute atomic E-state index is 12.4. The van der Waals surface area contributed by atoms with Gasteiger partial charge in [-0.2, -0.15) is 0 Å². The number of hydrazine groups is 1. The van der Waals surface area contributed by atoms with Gasteiger partial charge in [-0.15, -0.1) is 4.83 Å². The Morgan fingerprint density at radius 3 is 2.08 bits per heavy atom. The Kier molecular flexibility index (Phi) is 4.43. The first kappa shape index (κ1) is 17.4. The lowest BCUT2D eigenvalue weighted by Gasteiger charge is -2.11. The van der Waals surface area contributed by atoms with Crippen LogP contribution in [0.1, 0.15) is 25.7 Å². The van der Waals surface area contributed by atoms with Gasteiger partial charge in [0.05, 0.1) is 4.90 Å². The maximum atomic E-state index is 12.4. The van der Waals surface area contributed by atoms with Crippen molar-refractivity contribution in [2.45, 2.75) is 35.5 Å². The van der Waals surface area contributed by atoms with E-state index in [1.165, 1.54) is 24.3 Å². The van der Waals surface area contributed by atoms with Crippen molar-refractivity contribution in [3.63, 3.8) is 0 Å². The molecule has 2 aliphatic rings. The van der Waals surface area contributed by atoms with Gasteiger partial charge in [-0.1, -0.05) is 25.0 Å². The molecule has 0 aliphatic heterocycles. The van der Waals surface area contributed by atoms with E-state index in [0.29, 0.717) is 11.8 Å². The average Bonchev–Trinajstić information content (AvgIpc) is 3.26. The molecule has 2 atom stereocenters. The predicted molar refractivity (Wildman–Crippen MR) is 87.0 cm³/mol. The zero-order valence-corrected chi connectivity index (χ0v) is 14.9. The molecule has 2 unspecified atom stereocenters. The van der Waals surface area contributed by atoms with Crippen LogP contribution in [0.3, 0.4) is 0 Å². The van der Waals surface area contributed by atoms with E-state index in [1.54, 1.807) is 0 Å². The Balaban J connectivity index is 1.72. The molecule has 1 amide bonds. The second kappa shape index (κ2) is 6.12. The Morgan fingerprint density at radius 2 is 1.54 bits per heavy atom. The fourth-order valence-electron chi connectivity index (χ4n) is 3.62. The van der Waals surface area contributed by atoms with E-state index in [9.17, 15) is 21.6 Å². The van der Waals surface area contributed by atoms with Crippen molar-refractivity contribution in [2.75, 3.05) is 6.26 Å². The van der Waals surface area contributed by atoms with E-state index in [4.69, 9.17) is 0 Å². The Hall–Kier alpha value is -1.45. The van der Waals surface area contributed by atoms with Gasteiger partial charge in [0.15, 0.2) is 9.84 Å². The van der Waals surface area contributed by atoms with E-state index in [0.717, 1.165) is 31.9 Å². The molecule has 2 N–H and O–H groups in total. The molecule has 1 aromatic rings. The highest BCUT2D eigenvalue weighted by atomic mass is 32.2. The van der Waals surface area contributed by atoms with Gasteiger partial charge in [0.25, 0.3) is 10.0 Å². The lowest BCUT2D eigenvalue weighted by Crippen LogP contribution is -2.43. The third-order valence-corrected chi connectivity index (χ3v) is 7.40. The van der Waals surface area contributed by atoms with Gasteiger partial charge in [-0.25, -0.2) is 16.8 Å². The van der Waals surface area contributed by atoms with Gasteiger partial charge in [0.1, 0.15) is 4.90 Å². The molecule has 7 nitrogen and oxygen atoms in total. The SMILES string of the molecule is CS(=O)(=O)c1ccccc1S(=O)(=O)NNC(=O)C1C2CCCCC21. The molecule has 2 aliphatic carbocycles. The van der Waals surface area contributed by atoms with Crippen LogP contribution < -0.4 is 10.3 Å². The summed E-state index contributed by atoms with van der Waals surface area (Å²) in [6.07, 6.45) is 5.17. The van der Waals surface area contributed by atoms with E-state index in [1.807, 2.05) is 4.83 Å². The van der Waals surface area contributed by atoms with Crippen LogP contribution >= 0.6 is 0 Å². The normalized spacial score (nSPS) is 26.5. The Bertz CT molecular complexity index is 852. The highest BCUT2D eigenvalue weighted by Gasteiger charge is 2.54. The number of carbonyl (C=O) groups excluding carboxylic acids is 1. The fourth-order valence-corrected chi connectivity index (χ4v) is 6.09. The van der Waals surface area contributed by atoms with Crippen LogP contribution in [0.2, 0.25) is 0 Å². The third kappa shape index (κ3) is 3.33. The average molecular weight is 372 g/mol. The molecule has 0 bridgehead atoms. The summed E-state index contributed by atoms with van der Waals surface area (Å²) >= 11 is 0. The molecule has 2 saturated carbocycles. The van der Waals surface area contributed by atoms with E-state index in [-0.39, 0.29) is 21.6 Å². The molecule has 1 aromatic carbocycles. The minimum atomic E-state index is -4.17. The minimum Gasteiger partial charge on any atom is -0.277 e. The molecule has 0 radical (unpaired) electrons. The van der Waals surface area contributed by atoms with Crippen molar-refractivity contribution >= 4 is 25.8 Å². The van der Waals surface area contributed by atoms with Crippen LogP contribution in [0, 0.1) is 17.8 Å². The first-order valence-electron chi connectivity index (χ1n) is 7.82. The molecule has 2 fully saturated rings. The second-order valence-electron chi connectivity index (χ2n) is 6.45. The Labute approximate surface area is 141 Å². The summed E-state index contributed by atoms with van der Waals surface area (Å²) in [5.74, 6) is 0.228. The summed E-state index contributed by atoms with van der Waals surface area (Å²) in [7, 11) is -7.88. The predicted octanol–water partition coefficient (Wildman–Crippen LogP) is 0.836. The third-order valence-electron chi connectivity index (χ3n) is 4.81. The zero-order chi connectivity index (χ0) is 17.5. The lowest BCUT2D eigenvalue weighted by molar-refractivity contribution is -0.123. The summed E-state index contributed by atoms with van der Waals surface area (Å²) in [4.78, 5) is 13.5. The van der Waals surface area contributed by atoms with Gasteiger partial charge in [-0.3, -0.25) is 10.2 Å². The van der Waals surface area contributed by atoms with Crippen molar-refractivity contribution < 1.29 is 21.6 Å². The van der Waals surface area contributed by atoms with Crippen LogP contribution in [-0.4, -0.2) is 29.0 Å². The zero-order valence-electron chi connectivity index (χ0n) is 13.2. The number of hydrogen-bond donors (Lipinski definition) is 2. The number of rotatable bonds is 5. The van der Waals surface area contributed by atoms with Gasteiger partial charge >= 0.3 is 0 Å². The molecule has 24 heavy (non-hydrogen) atoms. The summed E-state index contributed by atoms with van der Waals surface area (Å²) < 4.78 is 48.2. The summed E-state index contributed by atoms with van der Waals surface area (Å²) in [5.41, 5.74) is 2.25. The summed E-state index contributed by atoms with van der Waals surface area (Å²) in [6.45, 7) is 0. The molecule has 9 heteroatoms. The van der Waals surface area contributed by atoms with Gasteiger partial charge in [0, 0.05) is 12.2 Å². The number of benzene rings is 1. The topological polar surface area (TPSA) is 109 Å². The maximum Gasteiger partial charge on any atom is 0.258 e. The highest BCUT2D eigenvalue weighted by Crippen LogP contribution is 2.55. The quantitative estimate of drug-likeness (QED) is 0.744. The number of hydrogen-bond acceptors (Lipinski definition) is 5. The number of sulfonamides is 1. The van der Waals surface area contributed by atoms with E-state index >= 15 is 0 Å². The number of sulfone groups is 1. The summed E-state index contributed by atoms with van der Waals surface area (Å²) in [6, 6.07) is 5.30. The molecule has 132 valence electrons. The van der Waals surface area contributed by atoms with Crippen molar-refractivity contribution in [1.82, 2.24) is 10.3 Å². The number of amides is 1. The molecule has 0 spiro atoms.